The summed E-state index contributed by atoms with van der Waals surface area (Å²) in [7, 11) is 0. The van der Waals surface area contributed by atoms with Crippen LogP contribution in [0.2, 0.25) is 0 Å². The number of rotatable bonds is 3. The molecular weight excluding hydrogens is 266 g/mol. The fourth-order valence-electron chi connectivity index (χ4n) is 1.23. The quantitative estimate of drug-likeness (QED) is 0.840. The smallest absolute Gasteiger partial charge is 0.333 e. The minimum absolute atomic E-state index is 0.196. The van der Waals surface area contributed by atoms with E-state index in [1.807, 2.05) is 6.92 Å². The van der Waals surface area contributed by atoms with Gasteiger partial charge in [0.05, 0.1) is 0 Å². The van der Waals surface area contributed by atoms with Gasteiger partial charge >= 0.3 is 4.83 Å². The third-order valence-electron chi connectivity index (χ3n) is 2.48. The van der Waals surface area contributed by atoms with Crippen molar-refractivity contribution in [1.29, 1.82) is 0 Å². The molecule has 0 amide bonds. The van der Waals surface area contributed by atoms with Gasteiger partial charge in [0, 0.05) is 0 Å². The molecule has 15 heavy (non-hydrogen) atoms. The number of benzene rings is 1. The van der Waals surface area contributed by atoms with Crippen molar-refractivity contribution < 1.29 is 13.9 Å². The minimum atomic E-state index is -3.34. The largest absolute Gasteiger partial charge is 0.378 e. The Balaban J connectivity index is 3.06. The fraction of sp³-hybridized carbons (Fsp3) is 0.455. The van der Waals surface area contributed by atoms with E-state index >= 15 is 0 Å². The standard InChI is InChI=1S/C11H13BrF2O/c1-3-8-4-6-9(7-5-8)10(2,15)11(12,13)14/h4-7,15H,3H2,1-2H3. The molecule has 84 valence electrons. The van der Waals surface area contributed by atoms with E-state index < -0.39 is 10.4 Å². The number of halogens is 3. The second-order valence-electron chi connectivity index (χ2n) is 3.62. The maximum Gasteiger partial charge on any atom is 0.333 e. The van der Waals surface area contributed by atoms with Gasteiger partial charge in [0.2, 0.25) is 0 Å². The highest BCUT2D eigenvalue weighted by Gasteiger charge is 2.47. The maximum absolute atomic E-state index is 13.0. The molecule has 0 fully saturated rings. The van der Waals surface area contributed by atoms with E-state index in [9.17, 15) is 13.9 Å². The van der Waals surface area contributed by atoms with Crippen LogP contribution in [0, 0.1) is 0 Å². The number of hydrogen-bond donors (Lipinski definition) is 1. The molecule has 0 aliphatic rings. The van der Waals surface area contributed by atoms with Crippen molar-refractivity contribution in [3.63, 3.8) is 0 Å². The van der Waals surface area contributed by atoms with Crippen LogP contribution in [0.5, 0.6) is 0 Å². The van der Waals surface area contributed by atoms with E-state index in [0.717, 1.165) is 18.9 Å². The highest BCUT2D eigenvalue weighted by Crippen LogP contribution is 2.41. The SMILES string of the molecule is CCc1ccc(C(C)(O)C(F)(F)Br)cc1. The van der Waals surface area contributed by atoms with Crippen LogP contribution in [0.1, 0.15) is 25.0 Å². The number of hydrogen-bond acceptors (Lipinski definition) is 1. The molecule has 0 radical (unpaired) electrons. The Bertz CT molecular complexity index is 327. The zero-order chi connectivity index (χ0) is 11.7. The highest BCUT2D eigenvalue weighted by atomic mass is 79.9. The van der Waals surface area contributed by atoms with Gasteiger partial charge in [0.15, 0.2) is 5.60 Å². The predicted molar refractivity (Wildman–Crippen MR) is 59.3 cm³/mol. The topological polar surface area (TPSA) is 20.2 Å². The molecule has 1 atom stereocenters. The van der Waals surface area contributed by atoms with E-state index in [2.05, 4.69) is 15.9 Å². The van der Waals surface area contributed by atoms with Crippen LogP contribution < -0.4 is 0 Å². The summed E-state index contributed by atoms with van der Waals surface area (Å²) in [6, 6.07) is 6.52. The maximum atomic E-state index is 13.0. The van der Waals surface area contributed by atoms with E-state index in [4.69, 9.17) is 0 Å². The van der Waals surface area contributed by atoms with E-state index in [1.54, 1.807) is 12.1 Å². The summed E-state index contributed by atoms with van der Waals surface area (Å²) < 4.78 is 26.1. The summed E-state index contributed by atoms with van der Waals surface area (Å²) in [6.07, 6.45) is 0.840. The molecule has 0 aromatic heterocycles. The zero-order valence-corrected chi connectivity index (χ0v) is 10.2. The fourth-order valence-corrected chi connectivity index (χ4v) is 1.46. The second kappa shape index (κ2) is 4.18. The lowest BCUT2D eigenvalue weighted by Gasteiger charge is -2.28. The second-order valence-corrected chi connectivity index (χ2v) is 4.62. The summed E-state index contributed by atoms with van der Waals surface area (Å²) in [5.74, 6) is 0. The lowest BCUT2D eigenvalue weighted by molar-refractivity contribution is -0.109. The van der Waals surface area contributed by atoms with E-state index in [1.165, 1.54) is 12.1 Å². The Labute approximate surface area is 96.2 Å². The molecule has 4 heteroatoms. The van der Waals surface area contributed by atoms with Crippen molar-refractivity contribution in [3.05, 3.63) is 35.4 Å². The zero-order valence-electron chi connectivity index (χ0n) is 8.60. The van der Waals surface area contributed by atoms with Gasteiger partial charge in [-0.1, -0.05) is 31.2 Å². The van der Waals surface area contributed by atoms with Crippen LogP contribution in [0.25, 0.3) is 0 Å². The molecule has 1 rings (SSSR count). The van der Waals surface area contributed by atoms with Gasteiger partial charge in [-0.25, -0.2) is 0 Å². The van der Waals surface area contributed by atoms with Crippen LogP contribution in [-0.4, -0.2) is 9.94 Å². The molecule has 0 spiro atoms. The Morgan fingerprint density at radius 3 is 2.07 bits per heavy atom. The van der Waals surface area contributed by atoms with Gasteiger partial charge < -0.3 is 5.11 Å². The van der Waals surface area contributed by atoms with Crippen LogP contribution in [0.4, 0.5) is 8.78 Å². The molecular formula is C11H13BrF2O. The molecule has 0 aliphatic carbocycles. The van der Waals surface area contributed by atoms with Gasteiger partial charge in [0.1, 0.15) is 0 Å². The lowest BCUT2D eigenvalue weighted by atomic mass is 9.95. The molecule has 0 saturated heterocycles. The average molecular weight is 279 g/mol. The Hall–Kier alpha value is -0.480. The highest BCUT2D eigenvalue weighted by molar-refractivity contribution is 9.10. The molecule has 1 unspecified atom stereocenters. The Morgan fingerprint density at radius 2 is 1.73 bits per heavy atom. The molecule has 1 aromatic carbocycles. The van der Waals surface area contributed by atoms with Crippen molar-refractivity contribution in [1.82, 2.24) is 0 Å². The van der Waals surface area contributed by atoms with Gasteiger partial charge in [-0.2, -0.15) is 8.78 Å². The van der Waals surface area contributed by atoms with Gasteiger partial charge in [-0.3, -0.25) is 0 Å². The summed E-state index contributed by atoms with van der Waals surface area (Å²) in [6.45, 7) is 3.06. The number of aliphatic hydroxyl groups is 1. The first-order valence-corrected chi connectivity index (χ1v) is 5.47. The first-order chi connectivity index (χ1) is 6.79. The Morgan fingerprint density at radius 1 is 1.27 bits per heavy atom. The first-order valence-electron chi connectivity index (χ1n) is 4.67. The van der Waals surface area contributed by atoms with Crippen LogP contribution in [0.3, 0.4) is 0 Å². The summed E-state index contributed by atoms with van der Waals surface area (Å²) >= 11 is 2.19. The Kier molecular flexibility index (Phi) is 3.51. The van der Waals surface area contributed by atoms with Crippen molar-refractivity contribution in [3.8, 4) is 0 Å². The van der Waals surface area contributed by atoms with Gasteiger partial charge in [-0.15, -0.1) is 0 Å². The number of aryl methyl sites for hydroxylation is 1. The first kappa shape index (κ1) is 12.6. The van der Waals surface area contributed by atoms with Crippen molar-refractivity contribution in [2.24, 2.45) is 0 Å². The lowest BCUT2D eigenvalue weighted by Crippen LogP contribution is -2.37. The minimum Gasteiger partial charge on any atom is -0.378 e. The average Bonchev–Trinajstić information content (AvgIpc) is 2.16. The van der Waals surface area contributed by atoms with Crippen molar-refractivity contribution >= 4 is 15.9 Å². The number of alkyl halides is 3. The molecule has 0 bridgehead atoms. The monoisotopic (exact) mass is 278 g/mol. The van der Waals surface area contributed by atoms with Crippen LogP contribution in [0.15, 0.2) is 24.3 Å². The van der Waals surface area contributed by atoms with E-state index in [0.29, 0.717) is 0 Å². The molecule has 0 saturated carbocycles. The van der Waals surface area contributed by atoms with Crippen molar-refractivity contribution in [2.45, 2.75) is 30.7 Å². The predicted octanol–water partition coefficient (Wildman–Crippen LogP) is 3.44. The molecule has 0 heterocycles. The summed E-state index contributed by atoms with van der Waals surface area (Å²) in [4.78, 5) is -3.34. The normalized spacial score (nSPS) is 16.1. The molecule has 1 aromatic rings. The van der Waals surface area contributed by atoms with E-state index in [-0.39, 0.29) is 5.56 Å². The third kappa shape index (κ3) is 2.55. The summed E-state index contributed by atoms with van der Waals surface area (Å²) in [5.41, 5.74) is -0.951. The van der Waals surface area contributed by atoms with Crippen LogP contribution in [-0.2, 0) is 12.0 Å². The summed E-state index contributed by atoms with van der Waals surface area (Å²) in [5, 5.41) is 9.69. The van der Waals surface area contributed by atoms with Gasteiger partial charge in [0.25, 0.3) is 0 Å². The van der Waals surface area contributed by atoms with Crippen molar-refractivity contribution in [2.75, 3.05) is 0 Å². The van der Waals surface area contributed by atoms with Gasteiger partial charge in [-0.05, 0) is 40.4 Å². The van der Waals surface area contributed by atoms with Crippen LogP contribution >= 0.6 is 15.9 Å². The molecule has 1 nitrogen and oxygen atoms in total. The third-order valence-corrected chi connectivity index (χ3v) is 3.25. The molecule has 1 N–H and O–H groups in total. The molecule has 0 aliphatic heterocycles.